The molecule has 0 radical (unpaired) electrons. The van der Waals surface area contributed by atoms with Gasteiger partial charge in [0.05, 0.1) is 25.3 Å². The largest absolute Gasteiger partial charge is 0.493 e. The van der Waals surface area contributed by atoms with Gasteiger partial charge in [-0.1, -0.05) is 12.1 Å². The van der Waals surface area contributed by atoms with Gasteiger partial charge in [0.15, 0.2) is 11.5 Å². The van der Waals surface area contributed by atoms with Crippen LogP contribution in [-0.4, -0.2) is 70.2 Å². The van der Waals surface area contributed by atoms with Crippen molar-refractivity contribution in [3.8, 4) is 11.5 Å². The predicted molar refractivity (Wildman–Crippen MR) is 102 cm³/mol. The molecule has 2 N–H and O–H groups in total. The molecule has 2 amide bonds. The van der Waals surface area contributed by atoms with Crippen molar-refractivity contribution in [1.82, 2.24) is 14.9 Å². The number of methoxy groups -OCH3 is 1. The van der Waals surface area contributed by atoms with Gasteiger partial charge in [-0.05, 0) is 25.0 Å². The molecule has 154 valence electrons. The molecule has 2 fully saturated rings. The Balaban J connectivity index is 1.49. The lowest BCUT2D eigenvalue weighted by Gasteiger charge is -2.20. The average molecular weight is 411 g/mol. The van der Waals surface area contributed by atoms with Crippen LogP contribution in [0.3, 0.4) is 0 Å². The number of para-hydroxylation sites is 2. The normalized spacial score (nSPS) is 24.9. The van der Waals surface area contributed by atoms with E-state index in [4.69, 9.17) is 9.47 Å². The van der Waals surface area contributed by atoms with Crippen molar-refractivity contribution in [3.63, 3.8) is 0 Å². The van der Waals surface area contributed by atoms with Gasteiger partial charge in [0.1, 0.15) is 12.6 Å². The molecule has 1 spiro atoms. The lowest BCUT2D eigenvalue weighted by atomic mass is 9.84. The zero-order chi connectivity index (χ0) is 20.4. The van der Waals surface area contributed by atoms with E-state index < -0.39 is 21.5 Å². The Morgan fingerprint density at radius 1 is 1.36 bits per heavy atom. The molecule has 2 heterocycles. The first-order chi connectivity index (χ1) is 13.2. The van der Waals surface area contributed by atoms with Crippen LogP contribution in [0.4, 0.5) is 0 Å². The summed E-state index contributed by atoms with van der Waals surface area (Å²) in [6.45, 7) is 0.942. The molecular weight excluding hydrogens is 386 g/mol. The Bertz CT molecular complexity index is 859. The fraction of sp³-hybridized carbons (Fsp3) is 0.556. The maximum absolute atomic E-state index is 12.4. The number of rotatable bonds is 7. The number of nitrogens with zero attached hydrogens (tertiary/aromatic N) is 1. The third-order valence-electron chi connectivity index (χ3n) is 5.21. The smallest absolute Gasteiger partial charge is 0.242 e. The molecule has 0 unspecified atom stereocenters. The molecule has 10 heteroatoms. The number of benzene rings is 1. The Kier molecular flexibility index (Phi) is 5.80. The van der Waals surface area contributed by atoms with Crippen molar-refractivity contribution in [3.05, 3.63) is 24.3 Å². The van der Waals surface area contributed by atoms with Gasteiger partial charge in [0.2, 0.25) is 21.8 Å². The molecule has 3 rings (SSSR count). The number of hydrogen-bond acceptors (Lipinski definition) is 6. The summed E-state index contributed by atoms with van der Waals surface area (Å²) in [6.07, 6.45) is 1.84. The Hall–Kier alpha value is -2.33. The Morgan fingerprint density at radius 3 is 2.71 bits per heavy atom. The topological polar surface area (TPSA) is 114 Å². The third kappa shape index (κ3) is 4.22. The van der Waals surface area contributed by atoms with Crippen molar-refractivity contribution in [2.75, 3.05) is 39.6 Å². The van der Waals surface area contributed by atoms with Gasteiger partial charge >= 0.3 is 0 Å². The summed E-state index contributed by atoms with van der Waals surface area (Å²) in [4.78, 5) is 24.8. The summed E-state index contributed by atoms with van der Waals surface area (Å²) in [5, 5.41) is 5.45. The minimum atomic E-state index is -3.35. The van der Waals surface area contributed by atoms with E-state index in [9.17, 15) is 18.0 Å². The Labute approximate surface area is 164 Å². The number of carbonyl (C=O) groups excluding carboxylic acids is 2. The SMILES string of the molecule is COc1ccccc1OCCNC(=O)[C@@H]1C[C@]2(CCN(S(C)(=O)=O)C2)C(=O)N1. The standard InChI is InChI=1S/C18H25N3O6S/c1-26-14-5-3-4-6-15(14)27-10-8-19-16(22)13-11-18(17(23)20-13)7-9-21(12-18)28(2,24)25/h3-6,13H,7-12H2,1-2H3,(H,19,22)(H,20,23)/t13-,18-/m0/s1. The van der Waals surface area contributed by atoms with Crippen LogP contribution < -0.4 is 20.1 Å². The molecule has 1 aromatic rings. The summed E-state index contributed by atoms with van der Waals surface area (Å²) >= 11 is 0. The minimum Gasteiger partial charge on any atom is -0.493 e. The molecule has 2 aliphatic rings. The molecule has 0 bridgehead atoms. The second-order valence-electron chi connectivity index (χ2n) is 7.15. The van der Waals surface area contributed by atoms with Crippen LogP contribution >= 0.6 is 0 Å². The maximum Gasteiger partial charge on any atom is 0.242 e. The van der Waals surface area contributed by atoms with Crippen LogP contribution in [0.2, 0.25) is 0 Å². The van der Waals surface area contributed by atoms with Gasteiger partial charge in [-0.2, -0.15) is 0 Å². The predicted octanol–water partition coefficient (Wildman–Crippen LogP) is -0.270. The summed E-state index contributed by atoms with van der Waals surface area (Å²) in [5.41, 5.74) is -0.820. The fourth-order valence-electron chi connectivity index (χ4n) is 3.67. The monoisotopic (exact) mass is 411 g/mol. The molecule has 2 saturated heterocycles. The zero-order valence-corrected chi connectivity index (χ0v) is 16.8. The van der Waals surface area contributed by atoms with E-state index in [1.54, 1.807) is 19.2 Å². The van der Waals surface area contributed by atoms with Gasteiger partial charge in [0.25, 0.3) is 0 Å². The van der Waals surface area contributed by atoms with Crippen LogP contribution in [0.5, 0.6) is 11.5 Å². The van der Waals surface area contributed by atoms with Gasteiger partial charge in [0, 0.05) is 13.1 Å². The number of sulfonamides is 1. The highest BCUT2D eigenvalue weighted by atomic mass is 32.2. The fourth-order valence-corrected chi connectivity index (χ4v) is 4.57. The van der Waals surface area contributed by atoms with E-state index in [0.717, 1.165) is 6.26 Å². The van der Waals surface area contributed by atoms with Crippen LogP contribution in [-0.2, 0) is 19.6 Å². The molecule has 0 saturated carbocycles. The first-order valence-corrected chi connectivity index (χ1v) is 10.9. The van der Waals surface area contributed by atoms with E-state index in [2.05, 4.69) is 10.6 Å². The highest BCUT2D eigenvalue weighted by molar-refractivity contribution is 7.88. The van der Waals surface area contributed by atoms with Crippen molar-refractivity contribution >= 4 is 21.8 Å². The van der Waals surface area contributed by atoms with Gasteiger partial charge in [-0.25, -0.2) is 12.7 Å². The van der Waals surface area contributed by atoms with Crippen molar-refractivity contribution in [2.24, 2.45) is 5.41 Å². The number of hydrogen-bond donors (Lipinski definition) is 2. The molecule has 0 aliphatic carbocycles. The molecule has 9 nitrogen and oxygen atoms in total. The van der Waals surface area contributed by atoms with E-state index in [1.807, 2.05) is 12.1 Å². The van der Waals surface area contributed by atoms with Crippen molar-refractivity contribution in [1.29, 1.82) is 0 Å². The highest BCUT2D eigenvalue weighted by Gasteiger charge is 2.53. The molecular formula is C18H25N3O6S. The number of ether oxygens (including phenoxy) is 2. The van der Waals surface area contributed by atoms with E-state index in [-0.39, 0.29) is 37.9 Å². The lowest BCUT2D eigenvalue weighted by molar-refractivity contribution is -0.128. The van der Waals surface area contributed by atoms with Crippen LogP contribution in [0.25, 0.3) is 0 Å². The molecule has 2 aliphatic heterocycles. The average Bonchev–Trinajstić information content (AvgIpc) is 3.24. The van der Waals surface area contributed by atoms with Crippen molar-refractivity contribution in [2.45, 2.75) is 18.9 Å². The minimum absolute atomic E-state index is 0.123. The van der Waals surface area contributed by atoms with E-state index >= 15 is 0 Å². The van der Waals surface area contributed by atoms with Gasteiger partial charge in [-0.3, -0.25) is 9.59 Å². The third-order valence-corrected chi connectivity index (χ3v) is 6.46. The number of nitrogens with one attached hydrogen (secondary N) is 2. The van der Waals surface area contributed by atoms with E-state index in [1.165, 1.54) is 4.31 Å². The first-order valence-electron chi connectivity index (χ1n) is 9.05. The van der Waals surface area contributed by atoms with Crippen LogP contribution in [0.15, 0.2) is 24.3 Å². The maximum atomic E-state index is 12.4. The summed E-state index contributed by atoms with van der Waals surface area (Å²) in [7, 11) is -1.80. The summed E-state index contributed by atoms with van der Waals surface area (Å²) in [6, 6.07) is 6.54. The second kappa shape index (κ2) is 7.96. The molecule has 0 aromatic heterocycles. The summed E-state index contributed by atoms with van der Waals surface area (Å²) in [5.74, 6) is 0.630. The molecule has 2 atom stereocenters. The highest BCUT2D eigenvalue weighted by Crippen LogP contribution is 2.40. The number of amides is 2. The second-order valence-corrected chi connectivity index (χ2v) is 9.13. The van der Waals surface area contributed by atoms with Gasteiger partial charge in [-0.15, -0.1) is 0 Å². The number of carbonyl (C=O) groups is 2. The first kappa shape index (κ1) is 20.4. The van der Waals surface area contributed by atoms with Crippen molar-refractivity contribution < 1.29 is 27.5 Å². The zero-order valence-electron chi connectivity index (χ0n) is 15.9. The summed E-state index contributed by atoms with van der Waals surface area (Å²) < 4.78 is 35.6. The molecule has 28 heavy (non-hydrogen) atoms. The lowest BCUT2D eigenvalue weighted by Crippen LogP contribution is -2.43. The molecule has 1 aromatic carbocycles. The van der Waals surface area contributed by atoms with Crippen LogP contribution in [0, 0.1) is 5.41 Å². The van der Waals surface area contributed by atoms with E-state index in [0.29, 0.717) is 24.5 Å². The van der Waals surface area contributed by atoms with Crippen LogP contribution in [0.1, 0.15) is 12.8 Å². The quantitative estimate of drug-likeness (QED) is 0.597. The Morgan fingerprint density at radius 2 is 2.07 bits per heavy atom. The van der Waals surface area contributed by atoms with Gasteiger partial charge < -0.3 is 20.1 Å².